The fourth-order valence-electron chi connectivity index (χ4n) is 5.03. The number of ether oxygens (including phenoxy) is 3. The van der Waals surface area contributed by atoms with Crippen LogP contribution in [-0.4, -0.2) is 81.8 Å². The zero-order chi connectivity index (χ0) is 27.4. The molecule has 39 heavy (non-hydrogen) atoms. The summed E-state index contributed by atoms with van der Waals surface area (Å²) in [7, 11) is -0.507. The van der Waals surface area contributed by atoms with Crippen molar-refractivity contribution in [3.63, 3.8) is 0 Å². The van der Waals surface area contributed by atoms with Gasteiger partial charge in [0.2, 0.25) is 10.0 Å². The van der Waals surface area contributed by atoms with Crippen molar-refractivity contribution in [3.05, 3.63) is 42.0 Å². The SMILES string of the molecule is CCOc1cc(CN2CCC(Nc3nc4cc(S(=O)(=O)N(C)C)ccc4o3)CC2)cc(OC2CCOCC2)c1. The molecule has 0 bridgehead atoms. The van der Waals surface area contributed by atoms with Gasteiger partial charge in [-0.1, -0.05) is 0 Å². The fourth-order valence-corrected chi connectivity index (χ4v) is 5.96. The number of piperidine rings is 1. The number of nitrogens with one attached hydrogen (secondary N) is 1. The van der Waals surface area contributed by atoms with Crippen molar-refractivity contribution in [1.82, 2.24) is 14.2 Å². The van der Waals surface area contributed by atoms with Crippen molar-refractivity contribution in [1.29, 1.82) is 0 Å². The molecule has 2 aliphatic rings. The predicted octanol–water partition coefficient (Wildman–Crippen LogP) is 4.11. The monoisotopic (exact) mass is 558 g/mol. The Morgan fingerprint density at radius 3 is 2.51 bits per heavy atom. The Hall–Kier alpha value is -2.86. The van der Waals surface area contributed by atoms with Crippen LogP contribution in [-0.2, 0) is 21.3 Å². The molecule has 11 heteroatoms. The van der Waals surface area contributed by atoms with Crippen LogP contribution >= 0.6 is 0 Å². The summed E-state index contributed by atoms with van der Waals surface area (Å²) in [6.07, 6.45) is 3.88. The normalized spacial score (nSPS) is 18.1. The molecule has 2 aromatic carbocycles. The van der Waals surface area contributed by atoms with E-state index in [1.165, 1.54) is 24.0 Å². The topological polar surface area (TPSA) is 106 Å². The second-order valence-electron chi connectivity index (χ2n) is 10.3. The highest BCUT2D eigenvalue weighted by atomic mass is 32.2. The highest BCUT2D eigenvalue weighted by molar-refractivity contribution is 7.89. The molecule has 3 heterocycles. The van der Waals surface area contributed by atoms with E-state index in [2.05, 4.69) is 27.3 Å². The second kappa shape index (κ2) is 12.1. The van der Waals surface area contributed by atoms with Crippen LogP contribution in [0.15, 0.2) is 45.7 Å². The Labute approximate surface area is 230 Å². The highest BCUT2D eigenvalue weighted by Gasteiger charge is 2.23. The number of benzene rings is 2. The summed E-state index contributed by atoms with van der Waals surface area (Å²) in [4.78, 5) is 7.14. The van der Waals surface area contributed by atoms with Gasteiger partial charge in [-0.2, -0.15) is 4.98 Å². The number of fused-ring (bicyclic) bond motifs is 1. The van der Waals surface area contributed by atoms with Crippen molar-refractivity contribution in [2.24, 2.45) is 0 Å². The fraction of sp³-hybridized carbons (Fsp3) is 0.536. The Balaban J connectivity index is 1.18. The van der Waals surface area contributed by atoms with E-state index in [1.54, 1.807) is 18.2 Å². The average molecular weight is 559 g/mol. The summed E-state index contributed by atoms with van der Waals surface area (Å²) in [5.74, 6) is 1.70. The lowest BCUT2D eigenvalue weighted by molar-refractivity contribution is 0.0254. The van der Waals surface area contributed by atoms with Crippen LogP contribution < -0.4 is 14.8 Å². The first-order chi connectivity index (χ1) is 18.8. The van der Waals surface area contributed by atoms with Gasteiger partial charge >= 0.3 is 0 Å². The molecule has 0 amide bonds. The first-order valence-electron chi connectivity index (χ1n) is 13.6. The molecule has 2 fully saturated rings. The largest absolute Gasteiger partial charge is 0.494 e. The summed E-state index contributed by atoms with van der Waals surface area (Å²) in [5.41, 5.74) is 2.25. The average Bonchev–Trinajstić information content (AvgIpc) is 3.32. The molecular weight excluding hydrogens is 520 g/mol. The van der Waals surface area contributed by atoms with E-state index in [4.69, 9.17) is 18.6 Å². The molecule has 0 aliphatic carbocycles. The van der Waals surface area contributed by atoms with Gasteiger partial charge < -0.3 is 23.9 Å². The molecule has 2 aliphatic heterocycles. The molecule has 1 aromatic heterocycles. The van der Waals surface area contributed by atoms with E-state index >= 15 is 0 Å². The quantitative estimate of drug-likeness (QED) is 0.393. The molecule has 0 atom stereocenters. The Morgan fingerprint density at radius 2 is 1.79 bits per heavy atom. The zero-order valence-electron chi connectivity index (χ0n) is 22.9. The van der Waals surface area contributed by atoms with Gasteiger partial charge in [0, 0.05) is 58.7 Å². The summed E-state index contributed by atoms with van der Waals surface area (Å²) in [6, 6.07) is 11.6. The zero-order valence-corrected chi connectivity index (χ0v) is 23.7. The standard InChI is InChI=1S/C28H38N4O6S/c1-4-36-23-15-20(16-24(17-23)37-22-9-13-35-14-10-22)19-32-11-7-21(8-12-32)29-28-30-26-18-25(5-6-27(26)38-28)39(33,34)31(2)3/h5-6,15-18,21-22H,4,7-14,19H2,1-3H3,(H,29,30). The minimum absolute atomic E-state index is 0.182. The van der Waals surface area contributed by atoms with E-state index in [1.807, 2.05) is 13.0 Å². The van der Waals surface area contributed by atoms with Gasteiger partial charge in [0.05, 0.1) is 24.7 Å². The van der Waals surface area contributed by atoms with Gasteiger partial charge in [0.25, 0.3) is 6.01 Å². The maximum Gasteiger partial charge on any atom is 0.295 e. The minimum atomic E-state index is -3.53. The van der Waals surface area contributed by atoms with Crippen LogP contribution in [0, 0.1) is 0 Å². The number of sulfonamides is 1. The molecule has 0 saturated carbocycles. The van der Waals surface area contributed by atoms with Gasteiger partial charge in [-0.25, -0.2) is 12.7 Å². The molecule has 0 spiro atoms. The second-order valence-corrected chi connectivity index (χ2v) is 12.5. The van der Waals surface area contributed by atoms with Crippen molar-refractivity contribution in [3.8, 4) is 11.5 Å². The summed E-state index contributed by atoms with van der Waals surface area (Å²) >= 11 is 0. The van der Waals surface area contributed by atoms with Crippen LogP contribution in [0.2, 0.25) is 0 Å². The van der Waals surface area contributed by atoms with Gasteiger partial charge in [0.1, 0.15) is 23.1 Å². The first kappa shape index (κ1) is 27.7. The number of nitrogens with zero attached hydrogens (tertiary/aromatic N) is 3. The Morgan fingerprint density at radius 1 is 1.05 bits per heavy atom. The number of oxazole rings is 1. The maximum absolute atomic E-state index is 12.4. The molecule has 0 radical (unpaired) electrons. The number of likely N-dealkylation sites (tertiary alicyclic amines) is 1. The van der Waals surface area contributed by atoms with Crippen molar-refractivity contribution in [2.45, 2.75) is 56.2 Å². The molecule has 212 valence electrons. The number of hydrogen-bond donors (Lipinski definition) is 1. The lowest BCUT2D eigenvalue weighted by Crippen LogP contribution is -2.38. The minimum Gasteiger partial charge on any atom is -0.494 e. The summed E-state index contributed by atoms with van der Waals surface area (Å²) in [6.45, 7) is 6.77. The van der Waals surface area contributed by atoms with Crippen molar-refractivity contribution in [2.75, 3.05) is 52.3 Å². The third-order valence-electron chi connectivity index (χ3n) is 7.18. The van der Waals surface area contributed by atoms with Crippen LogP contribution in [0.3, 0.4) is 0 Å². The van der Waals surface area contributed by atoms with Crippen LogP contribution in [0.4, 0.5) is 6.01 Å². The van der Waals surface area contributed by atoms with Crippen molar-refractivity contribution >= 4 is 27.1 Å². The molecule has 5 rings (SSSR count). The van der Waals surface area contributed by atoms with E-state index in [0.29, 0.717) is 23.7 Å². The molecule has 2 saturated heterocycles. The van der Waals surface area contributed by atoms with Gasteiger partial charge in [0.15, 0.2) is 5.58 Å². The maximum atomic E-state index is 12.4. The number of aromatic nitrogens is 1. The number of rotatable bonds is 10. The summed E-state index contributed by atoms with van der Waals surface area (Å²) < 4.78 is 49.5. The lowest BCUT2D eigenvalue weighted by Gasteiger charge is -2.32. The number of anilines is 1. The van der Waals surface area contributed by atoms with E-state index in [-0.39, 0.29) is 17.0 Å². The van der Waals surface area contributed by atoms with Crippen LogP contribution in [0.1, 0.15) is 38.2 Å². The molecule has 1 N–H and O–H groups in total. The lowest BCUT2D eigenvalue weighted by atomic mass is 10.0. The van der Waals surface area contributed by atoms with E-state index in [0.717, 1.165) is 70.0 Å². The molecule has 3 aromatic rings. The molecular formula is C28H38N4O6S. The van der Waals surface area contributed by atoms with E-state index < -0.39 is 10.0 Å². The van der Waals surface area contributed by atoms with E-state index in [9.17, 15) is 8.42 Å². The Kier molecular flexibility index (Phi) is 8.61. The Bertz CT molecular complexity index is 1360. The molecule has 10 nitrogen and oxygen atoms in total. The van der Waals surface area contributed by atoms with Crippen LogP contribution in [0.25, 0.3) is 11.1 Å². The van der Waals surface area contributed by atoms with Gasteiger partial charge in [-0.15, -0.1) is 0 Å². The predicted molar refractivity (Wildman–Crippen MR) is 149 cm³/mol. The number of hydrogen-bond acceptors (Lipinski definition) is 9. The molecule has 0 unspecified atom stereocenters. The smallest absolute Gasteiger partial charge is 0.295 e. The van der Waals surface area contributed by atoms with Crippen molar-refractivity contribution < 1.29 is 27.0 Å². The van der Waals surface area contributed by atoms with Gasteiger partial charge in [-0.05, 0) is 55.7 Å². The summed E-state index contributed by atoms with van der Waals surface area (Å²) in [5, 5.41) is 3.40. The first-order valence-corrected chi connectivity index (χ1v) is 15.1. The van der Waals surface area contributed by atoms with Crippen LogP contribution in [0.5, 0.6) is 11.5 Å². The van der Waals surface area contributed by atoms with Gasteiger partial charge in [-0.3, -0.25) is 4.90 Å². The third-order valence-corrected chi connectivity index (χ3v) is 8.99. The highest BCUT2D eigenvalue weighted by Crippen LogP contribution is 2.28. The third kappa shape index (κ3) is 6.84.